The lowest BCUT2D eigenvalue weighted by molar-refractivity contribution is -0.132. The van der Waals surface area contributed by atoms with Gasteiger partial charge in [0.25, 0.3) is 5.78 Å². The number of para-hydroxylation sites is 1. The molecule has 1 aliphatic rings. The second-order valence-electron chi connectivity index (χ2n) is 8.13. The monoisotopic (exact) mass is 489 g/mol. The second kappa shape index (κ2) is 8.59. The van der Waals surface area contributed by atoms with Crippen molar-refractivity contribution >= 4 is 61.4 Å². The number of carbonyl (C=O) groups excluding carboxylic acids is 2. The van der Waals surface area contributed by atoms with Gasteiger partial charge in [-0.15, -0.1) is 0 Å². The van der Waals surface area contributed by atoms with Crippen LogP contribution in [0, 0.1) is 0 Å². The van der Waals surface area contributed by atoms with Crippen LogP contribution in [0.25, 0.3) is 16.0 Å². The highest BCUT2D eigenvalue weighted by atomic mass is 35.5. The number of rotatable bonds is 4. The van der Waals surface area contributed by atoms with Crippen molar-refractivity contribution in [3.8, 4) is 0 Å². The third kappa shape index (κ3) is 3.73. The number of halogens is 1. The highest BCUT2D eigenvalue weighted by Crippen LogP contribution is 2.44. The van der Waals surface area contributed by atoms with Crippen molar-refractivity contribution in [2.75, 3.05) is 23.9 Å². The van der Waals surface area contributed by atoms with Gasteiger partial charge in [0, 0.05) is 30.4 Å². The van der Waals surface area contributed by atoms with E-state index in [1.54, 1.807) is 24.3 Å². The summed E-state index contributed by atoms with van der Waals surface area (Å²) in [6, 6.07) is 20.8. The van der Waals surface area contributed by atoms with Gasteiger partial charge in [0.15, 0.2) is 5.13 Å². The Morgan fingerprint density at radius 2 is 1.68 bits per heavy atom. The number of aliphatic hydroxyl groups is 1. The summed E-state index contributed by atoms with van der Waals surface area (Å²) in [6.07, 6.45) is 0. The molecule has 0 spiro atoms. The number of ketones is 1. The van der Waals surface area contributed by atoms with Crippen molar-refractivity contribution in [1.29, 1.82) is 0 Å². The average molecular weight is 490 g/mol. The SMILES string of the molecule is CN(C)c1ccc(C2/C(=C(\O)c3ccc(Cl)cc3)C(=O)C(=O)N2c2nc3ccccc3s2)cc1. The van der Waals surface area contributed by atoms with Crippen molar-refractivity contribution < 1.29 is 14.7 Å². The number of aromatic nitrogens is 1. The molecule has 1 saturated heterocycles. The Morgan fingerprint density at radius 1 is 1.00 bits per heavy atom. The molecule has 0 saturated carbocycles. The Morgan fingerprint density at radius 3 is 2.32 bits per heavy atom. The van der Waals surface area contributed by atoms with Gasteiger partial charge in [-0.05, 0) is 54.1 Å². The number of nitrogens with zero attached hydrogens (tertiary/aromatic N) is 3. The lowest BCUT2D eigenvalue weighted by Gasteiger charge is -2.23. The molecule has 0 aliphatic carbocycles. The minimum atomic E-state index is -0.826. The Balaban J connectivity index is 1.71. The third-order valence-electron chi connectivity index (χ3n) is 5.78. The maximum atomic E-state index is 13.3. The molecule has 1 fully saturated rings. The van der Waals surface area contributed by atoms with Gasteiger partial charge in [-0.3, -0.25) is 14.5 Å². The molecule has 1 atom stereocenters. The van der Waals surface area contributed by atoms with Crippen LogP contribution in [0.15, 0.2) is 78.4 Å². The molecular formula is C26H20ClN3O3S. The van der Waals surface area contributed by atoms with Crippen molar-refractivity contribution in [3.63, 3.8) is 0 Å². The van der Waals surface area contributed by atoms with Gasteiger partial charge in [-0.2, -0.15) is 0 Å². The van der Waals surface area contributed by atoms with E-state index in [0.717, 1.165) is 15.9 Å². The summed E-state index contributed by atoms with van der Waals surface area (Å²) >= 11 is 7.33. The van der Waals surface area contributed by atoms with Crippen LogP contribution in [0.2, 0.25) is 5.02 Å². The molecule has 1 amide bonds. The molecule has 170 valence electrons. The predicted octanol–water partition coefficient (Wildman–Crippen LogP) is 5.64. The molecule has 4 aromatic rings. The second-order valence-corrected chi connectivity index (χ2v) is 9.57. The van der Waals surface area contributed by atoms with Crippen molar-refractivity contribution in [3.05, 3.63) is 94.5 Å². The number of anilines is 2. The van der Waals surface area contributed by atoms with Crippen LogP contribution in [0.4, 0.5) is 10.8 Å². The number of fused-ring (bicyclic) bond motifs is 1. The number of benzene rings is 3. The lowest BCUT2D eigenvalue weighted by atomic mass is 9.95. The molecule has 1 N–H and O–H groups in total. The standard InChI is InChI=1S/C26H20ClN3O3S/c1-29(2)18-13-9-15(10-14-18)22-21(23(31)16-7-11-17(27)12-8-16)24(32)25(33)30(22)26-28-19-5-3-4-6-20(19)34-26/h3-14,22,31H,1-2H3/b23-21+. The average Bonchev–Trinajstić information content (AvgIpc) is 3.37. The zero-order valence-corrected chi connectivity index (χ0v) is 20.0. The van der Waals surface area contributed by atoms with E-state index in [2.05, 4.69) is 4.98 Å². The van der Waals surface area contributed by atoms with E-state index in [9.17, 15) is 14.7 Å². The minimum absolute atomic E-state index is 0.0178. The summed E-state index contributed by atoms with van der Waals surface area (Å²) in [7, 11) is 3.87. The minimum Gasteiger partial charge on any atom is -0.507 e. The molecule has 1 unspecified atom stereocenters. The van der Waals surface area contributed by atoms with Gasteiger partial charge in [0.2, 0.25) is 0 Å². The molecule has 1 aromatic heterocycles. The first kappa shape index (κ1) is 22.1. The number of hydrogen-bond acceptors (Lipinski definition) is 6. The van der Waals surface area contributed by atoms with Gasteiger partial charge in [0.05, 0.1) is 21.8 Å². The van der Waals surface area contributed by atoms with E-state index in [0.29, 0.717) is 21.3 Å². The van der Waals surface area contributed by atoms with E-state index in [1.807, 2.05) is 67.5 Å². The fourth-order valence-electron chi connectivity index (χ4n) is 4.03. The molecule has 0 bridgehead atoms. The first-order valence-electron chi connectivity index (χ1n) is 10.5. The Kier molecular flexibility index (Phi) is 5.59. The number of hydrogen-bond donors (Lipinski definition) is 1. The summed E-state index contributed by atoms with van der Waals surface area (Å²) in [6.45, 7) is 0. The summed E-state index contributed by atoms with van der Waals surface area (Å²) < 4.78 is 0.902. The molecule has 0 radical (unpaired) electrons. The highest BCUT2D eigenvalue weighted by Gasteiger charge is 2.48. The van der Waals surface area contributed by atoms with Gasteiger partial charge in [0.1, 0.15) is 5.76 Å². The van der Waals surface area contributed by atoms with Gasteiger partial charge in [-0.1, -0.05) is 47.2 Å². The van der Waals surface area contributed by atoms with Crippen molar-refractivity contribution in [2.24, 2.45) is 0 Å². The number of Topliss-reactive ketones (excluding diaryl/α,β-unsaturated/α-hetero) is 1. The van der Waals surface area contributed by atoms with Crippen LogP contribution in [-0.4, -0.2) is 35.9 Å². The molecule has 5 rings (SSSR count). The maximum absolute atomic E-state index is 13.3. The fourth-order valence-corrected chi connectivity index (χ4v) is 5.14. The third-order valence-corrected chi connectivity index (χ3v) is 7.06. The zero-order valence-electron chi connectivity index (χ0n) is 18.4. The number of aliphatic hydroxyl groups excluding tert-OH is 1. The molecule has 2 heterocycles. The quantitative estimate of drug-likeness (QED) is 0.228. The molecule has 8 heteroatoms. The first-order valence-corrected chi connectivity index (χ1v) is 11.7. The number of carbonyl (C=O) groups is 2. The van der Waals surface area contributed by atoms with Crippen LogP contribution in [0.3, 0.4) is 0 Å². The molecule has 34 heavy (non-hydrogen) atoms. The van der Waals surface area contributed by atoms with E-state index in [-0.39, 0.29) is 11.3 Å². The predicted molar refractivity (Wildman–Crippen MR) is 137 cm³/mol. The smallest absolute Gasteiger partial charge is 0.301 e. The van der Waals surface area contributed by atoms with E-state index < -0.39 is 17.7 Å². The number of amides is 1. The largest absolute Gasteiger partial charge is 0.507 e. The first-order chi connectivity index (χ1) is 16.3. The Labute approximate surface area is 205 Å². The summed E-state index contributed by atoms with van der Waals surface area (Å²) in [5.74, 6) is -1.73. The van der Waals surface area contributed by atoms with E-state index >= 15 is 0 Å². The Hall–Kier alpha value is -3.68. The van der Waals surface area contributed by atoms with E-state index in [1.165, 1.54) is 16.2 Å². The summed E-state index contributed by atoms with van der Waals surface area (Å²) in [5, 5.41) is 12.1. The zero-order chi connectivity index (χ0) is 24.0. The highest BCUT2D eigenvalue weighted by molar-refractivity contribution is 7.22. The Bertz CT molecular complexity index is 1410. The van der Waals surface area contributed by atoms with Crippen LogP contribution in [0.1, 0.15) is 17.2 Å². The van der Waals surface area contributed by atoms with Crippen LogP contribution < -0.4 is 9.80 Å². The van der Waals surface area contributed by atoms with Gasteiger partial charge in [-0.25, -0.2) is 4.98 Å². The maximum Gasteiger partial charge on any atom is 0.301 e. The molecular weight excluding hydrogens is 470 g/mol. The van der Waals surface area contributed by atoms with Crippen molar-refractivity contribution in [2.45, 2.75) is 6.04 Å². The summed E-state index contributed by atoms with van der Waals surface area (Å²) in [4.78, 5) is 34.6. The number of thiazole rings is 1. The summed E-state index contributed by atoms with van der Waals surface area (Å²) in [5.41, 5.74) is 2.83. The van der Waals surface area contributed by atoms with Gasteiger partial charge < -0.3 is 10.0 Å². The van der Waals surface area contributed by atoms with Crippen LogP contribution >= 0.6 is 22.9 Å². The fraction of sp³-hybridized carbons (Fsp3) is 0.115. The normalized spacial score (nSPS) is 17.5. The lowest BCUT2D eigenvalue weighted by Crippen LogP contribution is -2.29. The van der Waals surface area contributed by atoms with Gasteiger partial charge >= 0.3 is 5.91 Å². The van der Waals surface area contributed by atoms with Crippen molar-refractivity contribution in [1.82, 2.24) is 4.98 Å². The van der Waals surface area contributed by atoms with Crippen LogP contribution in [0.5, 0.6) is 0 Å². The molecule has 3 aromatic carbocycles. The van der Waals surface area contributed by atoms with E-state index in [4.69, 9.17) is 11.6 Å². The topological polar surface area (TPSA) is 73.7 Å². The molecule has 1 aliphatic heterocycles. The van der Waals surface area contributed by atoms with Crippen LogP contribution in [-0.2, 0) is 9.59 Å². The molecule has 6 nitrogen and oxygen atoms in total.